The highest BCUT2D eigenvalue weighted by molar-refractivity contribution is 5.27. The van der Waals surface area contributed by atoms with Gasteiger partial charge in [0.15, 0.2) is 18.9 Å². The Morgan fingerprint density at radius 1 is 0.731 bits per heavy atom. The molecule has 0 bridgehead atoms. The summed E-state index contributed by atoms with van der Waals surface area (Å²) in [6, 6.07) is 0. The molecule has 3 aliphatic heterocycles. The maximum Gasteiger partial charge on any atom is 0.187 e. The first kappa shape index (κ1) is 52.3. The first-order valence-corrected chi connectivity index (χ1v) is 25.1. The zero-order chi connectivity index (χ0) is 48.9. The van der Waals surface area contributed by atoms with Crippen LogP contribution >= 0.6 is 0 Å². The molecule has 3 heterocycles. The number of hydrogen-bond acceptors (Lipinski definition) is 18. The fourth-order valence-electron chi connectivity index (χ4n) is 14.5. The molecular formula is C49H82O18. The number of rotatable bonds is 13. The van der Waals surface area contributed by atoms with Crippen molar-refractivity contribution in [2.24, 2.45) is 45.8 Å². The standard InChI is InChI=1S/C49H82O18/c1-22(10-14-32(46(4,5)61)66-43-39(58)36(55)34(53)29(64-43)21-62-42-38(57)35(54)33(52)28(20-50)63-42)25-16-18-48(7)27-13-12-26-24(23(27)9-8-17-47(25,48)6)11-15-31(45(26,2)3)65-44-40(59)37(56)41(60)49(67-44)19-30(49)51/h12,22-25,27-44,50-61H,8-11,13-21H2,1-7H3/t22-,23-,24?,25?,27?,28-,29-,30?,31+,32-,33-,34-,35+,36+,37-,38-,39-,40-,41+,42-,43+,44-,47-,48+,49?/m1/s1. The third-order valence-corrected chi connectivity index (χ3v) is 19.1. The van der Waals surface area contributed by atoms with E-state index in [4.69, 9.17) is 28.4 Å². The maximum absolute atomic E-state index is 11.4. The average Bonchev–Trinajstić information content (AvgIpc) is 3.87. The molecular weight excluding hydrogens is 877 g/mol. The summed E-state index contributed by atoms with van der Waals surface area (Å²) >= 11 is 0. The van der Waals surface area contributed by atoms with Crippen molar-refractivity contribution >= 4 is 0 Å². The van der Waals surface area contributed by atoms with E-state index in [0.29, 0.717) is 36.5 Å². The number of fused-ring (bicyclic) bond motifs is 5. The van der Waals surface area contributed by atoms with Gasteiger partial charge in [-0.15, -0.1) is 0 Å². The van der Waals surface area contributed by atoms with Crippen LogP contribution in [-0.2, 0) is 28.4 Å². The van der Waals surface area contributed by atoms with Crippen LogP contribution in [0.5, 0.6) is 0 Å². The van der Waals surface area contributed by atoms with Gasteiger partial charge in [0.25, 0.3) is 0 Å². The van der Waals surface area contributed by atoms with Gasteiger partial charge in [0.05, 0.1) is 37.1 Å². The largest absolute Gasteiger partial charge is 0.394 e. The summed E-state index contributed by atoms with van der Waals surface area (Å²) < 4.78 is 35.8. The molecule has 386 valence electrons. The van der Waals surface area contributed by atoms with Gasteiger partial charge in [-0.05, 0) is 112 Å². The molecule has 0 amide bonds. The number of hydrogen-bond donors (Lipinski definition) is 12. The Balaban J connectivity index is 0.909. The van der Waals surface area contributed by atoms with Gasteiger partial charge in [0, 0.05) is 11.8 Å². The van der Waals surface area contributed by atoms with Crippen LogP contribution in [0.1, 0.15) is 119 Å². The van der Waals surface area contributed by atoms with Crippen LogP contribution in [0, 0.1) is 45.8 Å². The molecule has 18 heteroatoms. The van der Waals surface area contributed by atoms with Crippen molar-refractivity contribution in [3.05, 3.63) is 11.6 Å². The quantitative estimate of drug-likeness (QED) is 0.109. The third kappa shape index (κ3) is 9.04. The van der Waals surface area contributed by atoms with Crippen LogP contribution in [0.4, 0.5) is 0 Å². The van der Waals surface area contributed by atoms with Crippen LogP contribution in [0.25, 0.3) is 0 Å². The normalized spacial score (nSPS) is 51.8. The molecule has 8 aliphatic rings. The van der Waals surface area contributed by atoms with E-state index in [1.807, 2.05) is 0 Å². The lowest BCUT2D eigenvalue weighted by Crippen LogP contribution is -2.62. The molecule has 5 unspecified atom stereocenters. The first-order chi connectivity index (χ1) is 31.3. The Hall–Kier alpha value is -0.980. The van der Waals surface area contributed by atoms with Crippen LogP contribution in [-0.4, -0.2) is 190 Å². The number of aliphatic hydroxyl groups excluding tert-OH is 11. The number of aliphatic hydroxyl groups is 12. The summed E-state index contributed by atoms with van der Waals surface area (Å²) in [5.74, 6) is 1.99. The Labute approximate surface area is 394 Å². The van der Waals surface area contributed by atoms with Gasteiger partial charge < -0.3 is 89.7 Å². The predicted molar refractivity (Wildman–Crippen MR) is 236 cm³/mol. The molecule has 18 nitrogen and oxygen atoms in total. The van der Waals surface area contributed by atoms with E-state index >= 15 is 0 Å². The van der Waals surface area contributed by atoms with Gasteiger partial charge in [0.2, 0.25) is 0 Å². The Morgan fingerprint density at radius 3 is 2.00 bits per heavy atom. The van der Waals surface area contributed by atoms with Gasteiger partial charge in [0.1, 0.15) is 72.7 Å². The molecule has 5 aliphatic carbocycles. The predicted octanol–water partition coefficient (Wildman–Crippen LogP) is 0.116. The number of allylic oxidation sites excluding steroid dienone is 1. The third-order valence-electron chi connectivity index (χ3n) is 19.1. The molecule has 8 rings (SSSR count). The van der Waals surface area contributed by atoms with Crippen molar-refractivity contribution in [2.45, 2.75) is 235 Å². The van der Waals surface area contributed by atoms with Crippen molar-refractivity contribution in [1.29, 1.82) is 0 Å². The fourth-order valence-corrected chi connectivity index (χ4v) is 14.5. The van der Waals surface area contributed by atoms with Gasteiger partial charge in [-0.25, -0.2) is 0 Å². The second-order valence-corrected chi connectivity index (χ2v) is 23.5. The van der Waals surface area contributed by atoms with Crippen LogP contribution < -0.4 is 0 Å². The van der Waals surface area contributed by atoms with Crippen molar-refractivity contribution < 1.29 is 89.7 Å². The first-order valence-electron chi connectivity index (χ1n) is 25.1. The van der Waals surface area contributed by atoms with E-state index in [-0.39, 0.29) is 34.7 Å². The minimum Gasteiger partial charge on any atom is -0.394 e. The lowest BCUT2D eigenvalue weighted by Gasteiger charge is -2.56. The van der Waals surface area contributed by atoms with Crippen LogP contribution in [0.3, 0.4) is 0 Å². The maximum atomic E-state index is 11.4. The summed E-state index contributed by atoms with van der Waals surface area (Å²) in [5, 5.41) is 127. The summed E-state index contributed by atoms with van der Waals surface area (Å²) in [6.07, 6.45) is -11.2. The molecule has 0 aromatic carbocycles. The summed E-state index contributed by atoms with van der Waals surface area (Å²) in [5.41, 5.74) is -1.60. The lowest BCUT2D eigenvalue weighted by molar-refractivity contribution is -0.341. The molecule has 3 saturated heterocycles. The SMILES string of the molecule is C[C@H](CC[C@@H](O[C@@H]1O[C@H](CO[C@@H]2O[C@H](CO)[C@@H](O)[C@H](O)[C@H]2O)[C@@H](O)[C@H](O)[C@H]1O)C(C)(C)O)C1CC[C@@]2(C)C3CC=C4C(CC[C@H](O[C@@H]5OC6(CC6O)[C@@H](O)[C@H](O)[C@H]5O)C4(C)C)[C@H]3CCC[C@]12C. The second kappa shape index (κ2) is 19.1. The molecule has 1 spiro atoms. The zero-order valence-corrected chi connectivity index (χ0v) is 40.3. The van der Waals surface area contributed by atoms with E-state index in [1.165, 1.54) is 5.57 Å². The topological polar surface area (TPSA) is 298 Å². The van der Waals surface area contributed by atoms with Crippen molar-refractivity contribution in [1.82, 2.24) is 0 Å². The summed E-state index contributed by atoms with van der Waals surface area (Å²) in [6.45, 7) is 13.8. The minimum absolute atomic E-state index is 0.0401. The number of ether oxygens (including phenoxy) is 6. The van der Waals surface area contributed by atoms with Gasteiger partial charge in [-0.1, -0.05) is 52.7 Å². The molecule has 0 radical (unpaired) electrons. The van der Waals surface area contributed by atoms with Crippen LogP contribution in [0.2, 0.25) is 0 Å². The van der Waals surface area contributed by atoms with E-state index in [9.17, 15) is 61.3 Å². The Bertz CT molecular complexity index is 1740. The van der Waals surface area contributed by atoms with Gasteiger partial charge in [-0.3, -0.25) is 0 Å². The molecule has 7 fully saturated rings. The molecule has 25 atom stereocenters. The molecule has 12 N–H and O–H groups in total. The minimum atomic E-state index is -1.72. The zero-order valence-electron chi connectivity index (χ0n) is 40.3. The van der Waals surface area contributed by atoms with E-state index < -0.39 is 123 Å². The molecule has 67 heavy (non-hydrogen) atoms. The van der Waals surface area contributed by atoms with Gasteiger partial charge in [-0.2, -0.15) is 0 Å². The van der Waals surface area contributed by atoms with Crippen molar-refractivity contribution in [3.8, 4) is 0 Å². The Morgan fingerprint density at radius 2 is 1.36 bits per heavy atom. The highest BCUT2D eigenvalue weighted by Crippen LogP contribution is 2.70. The lowest BCUT2D eigenvalue weighted by atomic mass is 9.49. The van der Waals surface area contributed by atoms with E-state index in [2.05, 4.69) is 40.7 Å². The smallest absolute Gasteiger partial charge is 0.187 e. The average molecular weight is 959 g/mol. The second-order valence-electron chi connectivity index (χ2n) is 23.5. The highest BCUT2D eigenvalue weighted by Gasteiger charge is 2.68. The van der Waals surface area contributed by atoms with E-state index in [0.717, 1.165) is 51.4 Å². The molecule has 0 aromatic rings. The van der Waals surface area contributed by atoms with Crippen LogP contribution in [0.15, 0.2) is 11.6 Å². The summed E-state index contributed by atoms with van der Waals surface area (Å²) in [7, 11) is 0. The van der Waals surface area contributed by atoms with Gasteiger partial charge >= 0.3 is 0 Å². The van der Waals surface area contributed by atoms with Crippen molar-refractivity contribution in [3.63, 3.8) is 0 Å². The highest BCUT2D eigenvalue weighted by atomic mass is 16.7. The van der Waals surface area contributed by atoms with E-state index in [1.54, 1.807) is 13.8 Å². The Kier molecular flexibility index (Phi) is 14.9. The van der Waals surface area contributed by atoms with Crippen molar-refractivity contribution in [2.75, 3.05) is 13.2 Å². The molecule has 4 saturated carbocycles. The summed E-state index contributed by atoms with van der Waals surface area (Å²) in [4.78, 5) is 0. The molecule has 0 aromatic heterocycles. The monoisotopic (exact) mass is 959 g/mol. The fraction of sp³-hybridized carbons (Fsp3) is 0.959.